The number of aromatic nitrogens is 1. The summed E-state index contributed by atoms with van der Waals surface area (Å²) in [7, 11) is 0. The number of fused-ring (bicyclic) bond motifs is 5. The van der Waals surface area contributed by atoms with E-state index in [9.17, 15) is 0 Å². The van der Waals surface area contributed by atoms with Crippen molar-refractivity contribution in [2.45, 2.75) is 0 Å². The summed E-state index contributed by atoms with van der Waals surface area (Å²) in [5.41, 5.74) is 23.5. The Bertz CT molecular complexity index is 4590. The number of benzene rings is 14. The van der Waals surface area contributed by atoms with Gasteiger partial charge in [-0.3, -0.25) is 0 Å². The van der Waals surface area contributed by atoms with Gasteiger partial charge in [-0.2, -0.15) is 0 Å². The van der Waals surface area contributed by atoms with Gasteiger partial charge >= 0.3 is 0 Å². The highest BCUT2D eigenvalue weighted by Crippen LogP contribution is 2.41. The standard InChI is InChI=1S/C80H54N2/c1-3-11-55(12-4-1)60-35-43-74(44-36-60)81(73-17-5-2-6-18-73)75-45-37-61(38-46-75)58-19-21-59(22-20-58)62-39-47-76(48-40-62)82-79-49-41-71(65-27-23-63(24-28-65)69-33-31-56-13-7-9-15-67(56)51-69)53-77(79)78-54-72(42-50-80(78)82)66-29-25-64(26-30-66)70-34-32-57-14-8-10-16-68(57)52-70/h1-54H. The van der Waals surface area contributed by atoms with Gasteiger partial charge in [0.05, 0.1) is 11.0 Å². The maximum Gasteiger partial charge on any atom is 0.0541 e. The summed E-state index contributed by atoms with van der Waals surface area (Å²) in [5, 5.41) is 7.46. The lowest BCUT2D eigenvalue weighted by Gasteiger charge is -2.26. The summed E-state index contributed by atoms with van der Waals surface area (Å²) in [4.78, 5) is 2.32. The number of para-hydroxylation sites is 1. The first kappa shape index (κ1) is 48.3. The van der Waals surface area contributed by atoms with Gasteiger partial charge in [0.2, 0.25) is 0 Å². The maximum absolute atomic E-state index is 2.43. The fraction of sp³-hybridized carbons (Fsp3) is 0. The van der Waals surface area contributed by atoms with Crippen LogP contribution < -0.4 is 4.90 Å². The maximum atomic E-state index is 2.43. The first-order valence-electron chi connectivity index (χ1n) is 28.2. The van der Waals surface area contributed by atoms with E-state index in [1.165, 1.54) is 121 Å². The molecule has 1 heterocycles. The Morgan fingerprint density at radius 2 is 0.451 bits per heavy atom. The van der Waals surface area contributed by atoms with E-state index in [1.807, 2.05) is 0 Å². The minimum Gasteiger partial charge on any atom is -0.311 e. The molecule has 0 aliphatic rings. The van der Waals surface area contributed by atoms with Gasteiger partial charge in [-0.1, -0.05) is 243 Å². The summed E-state index contributed by atoms with van der Waals surface area (Å²) in [6.45, 7) is 0. The van der Waals surface area contributed by atoms with Crippen LogP contribution in [0.2, 0.25) is 0 Å². The van der Waals surface area contributed by atoms with Crippen LogP contribution >= 0.6 is 0 Å². The van der Waals surface area contributed by atoms with Crippen molar-refractivity contribution < 1.29 is 0 Å². The van der Waals surface area contributed by atoms with Crippen molar-refractivity contribution >= 4 is 60.4 Å². The zero-order valence-corrected chi connectivity index (χ0v) is 45.1. The number of rotatable bonds is 11. The number of anilines is 3. The first-order chi connectivity index (χ1) is 40.6. The molecule has 0 amide bonds. The van der Waals surface area contributed by atoms with Crippen molar-refractivity contribution in [2.24, 2.45) is 0 Å². The lowest BCUT2D eigenvalue weighted by atomic mass is 9.96. The molecule has 0 N–H and O–H groups in total. The Balaban J connectivity index is 0.731. The summed E-state index contributed by atoms with van der Waals surface area (Å²) >= 11 is 0. The Labute approximate surface area is 478 Å². The monoisotopic (exact) mass is 1040 g/mol. The third-order valence-electron chi connectivity index (χ3n) is 16.4. The number of hydrogen-bond donors (Lipinski definition) is 0. The average molecular weight is 1040 g/mol. The van der Waals surface area contributed by atoms with E-state index < -0.39 is 0 Å². The quantitative estimate of drug-likeness (QED) is 0.125. The normalized spacial score (nSPS) is 11.4. The molecule has 2 nitrogen and oxygen atoms in total. The SMILES string of the molecule is c1ccc(-c2ccc(N(c3ccccc3)c3ccc(-c4ccc(-c5ccc(-n6c7ccc(-c8ccc(-c9ccc%10ccccc%10c9)cc8)cc7c7cc(-c8ccc(-c9ccc%10ccccc%10c9)cc8)ccc76)cc5)cc4)cc3)cc2)cc1. The van der Waals surface area contributed by atoms with Crippen LogP contribution in [0.15, 0.2) is 328 Å². The third kappa shape index (κ3) is 9.18. The molecule has 1 aromatic heterocycles. The van der Waals surface area contributed by atoms with Gasteiger partial charge in [-0.25, -0.2) is 0 Å². The lowest BCUT2D eigenvalue weighted by Crippen LogP contribution is -2.09. The van der Waals surface area contributed by atoms with E-state index in [0.717, 1.165) is 22.7 Å². The second-order valence-corrected chi connectivity index (χ2v) is 21.3. The summed E-state index contributed by atoms with van der Waals surface area (Å²) < 4.78 is 2.43. The molecule has 14 aromatic carbocycles. The molecule has 0 saturated carbocycles. The molecule has 0 spiro atoms. The fourth-order valence-corrected chi connectivity index (χ4v) is 12.0. The molecule has 15 aromatic rings. The van der Waals surface area contributed by atoms with Crippen LogP contribution in [0, 0.1) is 0 Å². The minimum absolute atomic E-state index is 1.11. The zero-order valence-electron chi connectivity index (χ0n) is 45.1. The minimum atomic E-state index is 1.11. The van der Waals surface area contributed by atoms with E-state index in [-0.39, 0.29) is 0 Å². The van der Waals surface area contributed by atoms with Gasteiger partial charge in [0.1, 0.15) is 0 Å². The molecule has 0 unspecified atom stereocenters. The van der Waals surface area contributed by atoms with Crippen molar-refractivity contribution in [3.63, 3.8) is 0 Å². The van der Waals surface area contributed by atoms with Gasteiger partial charge in [0, 0.05) is 33.5 Å². The predicted octanol–water partition coefficient (Wildman–Crippen LogP) is 22.2. The van der Waals surface area contributed by atoms with Crippen molar-refractivity contribution in [1.82, 2.24) is 4.57 Å². The van der Waals surface area contributed by atoms with Crippen LogP contribution in [-0.2, 0) is 0 Å². The molecule has 0 atom stereocenters. The summed E-state index contributed by atoms with van der Waals surface area (Å²) in [5.74, 6) is 0. The van der Waals surface area contributed by atoms with E-state index in [1.54, 1.807) is 0 Å². The van der Waals surface area contributed by atoms with Crippen molar-refractivity contribution in [2.75, 3.05) is 4.90 Å². The highest BCUT2D eigenvalue weighted by molar-refractivity contribution is 6.12. The predicted molar refractivity (Wildman–Crippen MR) is 349 cm³/mol. The highest BCUT2D eigenvalue weighted by Gasteiger charge is 2.17. The Hall–Kier alpha value is -10.8. The molecular formula is C80H54N2. The van der Waals surface area contributed by atoms with Crippen LogP contribution in [0.1, 0.15) is 0 Å². The lowest BCUT2D eigenvalue weighted by molar-refractivity contribution is 1.18. The van der Waals surface area contributed by atoms with Crippen molar-refractivity contribution in [3.05, 3.63) is 328 Å². The molecule has 15 rings (SSSR count). The molecule has 0 bridgehead atoms. The number of nitrogens with zero attached hydrogens (tertiary/aromatic N) is 2. The molecule has 0 radical (unpaired) electrons. The Morgan fingerprint density at radius 1 is 0.183 bits per heavy atom. The molecule has 384 valence electrons. The summed E-state index contributed by atoms with van der Waals surface area (Å²) in [6, 6.07) is 120. The van der Waals surface area contributed by atoms with E-state index in [0.29, 0.717) is 0 Å². The van der Waals surface area contributed by atoms with Gasteiger partial charge in [0.25, 0.3) is 0 Å². The molecular weight excluding hydrogens is 989 g/mol. The Morgan fingerprint density at radius 3 is 0.854 bits per heavy atom. The molecule has 0 saturated heterocycles. The smallest absolute Gasteiger partial charge is 0.0541 e. The second-order valence-electron chi connectivity index (χ2n) is 21.3. The van der Waals surface area contributed by atoms with E-state index in [4.69, 9.17) is 0 Å². The van der Waals surface area contributed by atoms with Gasteiger partial charge in [-0.15, -0.1) is 0 Å². The van der Waals surface area contributed by atoms with Gasteiger partial charge < -0.3 is 9.47 Å². The van der Waals surface area contributed by atoms with Gasteiger partial charge in [0.15, 0.2) is 0 Å². The van der Waals surface area contributed by atoms with Crippen molar-refractivity contribution in [1.29, 1.82) is 0 Å². The largest absolute Gasteiger partial charge is 0.311 e. The molecule has 0 fully saturated rings. The Kier molecular flexibility index (Phi) is 12.2. The van der Waals surface area contributed by atoms with Crippen LogP contribution in [-0.4, -0.2) is 4.57 Å². The molecule has 82 heavy (non-hydrogen) atoms. The summed E-state index contributed by atoms with van der Waals surface area (Å²) in [6.07, 6.45) is 0. The average Bonchev–Trinajstić information content (AvgIpc) is 3.65. The van der Waals surface area contributed by atoms with Crippen LogP contribution in [0.25, 0.3) is 127 Å². The van der Waals surface area contributed by atoms with E-state index in [2.05, 4.69) is 337 Å². The fourth-order valence-electron chi connectivity index (χ4n) is 12.0. The first-order valence-corrected chi connectivity index (χ1v) is 28.2. The second kappa shape index (κ2) is 20.8. The van der Waals surface area contributed by atoms with Crippen LogP contribution in [0.4, 0.5) is 17.1 Å². The molecule has 2 heteroatoms. The molecule has 0 aliphatic heterocycles. The topological polar surface area (TPSA) is 8.17 Å². The zero-order chi connectivity index (χ0) is 54.3. The molecule has 0 aliphatic carbocycles. The highest BCUT2D eigenvalue weighted by atomic mass is 15.1. The van der Waals surface area contributed by atoms with Crippen molar-refractivity contribution in [3.8, 4) is 83.6 Å². The van der Waals surface area contributed by atoms with Crippen LogP contribution in [0.5, 0.6) is 0 Å². The third-order valence-corrected chi connectivity index (χ3v) is 16.4. The van der Waals surface area contributed by atoms with Crippen LogP contribution in [0.3, 0.4) is 0 Å². The van der Waals surface area contributed by atoms with Gasteiger partial charge in [-0.05, 0) is 184 Å². The number of hydrogen-bond acceptors (Lipinski definition) is 1. The van der Waals surface area contributed by atoms with E-state index >= 15 is 0 Å².